The van der Waals surface area contributed by atoms with E-state index in [2.05, 4.69) is 5.32 Å². The molecule has 1 aliphatic rings. The molecule has 172 valence electrons. The highest BCUT2D eigenvalue weighted by Gasteiger charge is 2.31. The second-order valence-corrected chi connectivity index (χ2v) is 8.78. The summed E-state index contributed by atoms with van der Waals surface area (Å²) in [5.74, 6) is -1.47. The van der Waals surface area contributed by atoms with Crippen LogP contribution in [-0.4, -0.2) is 59.4 Å². The molecule has 1 aromatic rings. The molecule has 7 nitrogen and oxygen atoms in total. The third kappa shape index (κ3) is 8.50. The molecule has 1 heterocycles. The molecule has 0 saturated carbocycles. The number of aliphatic hydroxyl groups excluding tert-OH is 1. The van der Waals surface area contributed by atoms with Crippen molar-refractivity contribution >= 4 is 29.4 Å². The predicted octanol–water partition coefficient (Wildman–Crippen LogP) is 2.35. The van der Waals surface area contributed by atoms with Gasteiger partial charge in [-0.05, 0) is 30.2 Å². The van der Waals surface area contributed by atoms with Gasteiger partial charge in [0.05, 0.1) is 18.4 Å². The van der Waals surface area contributed by atoms with Gasteiger partial charge in [0.25, 0.3) is 0 Å². The molecule has 8 heteroatoms. The number of aliphatic hydroxyl groups is 1. The molecule has 0 radical (unpaired) electrons. The highest BCUT2D eigenvalue weighted by Crippen LogP contribution is 2.22. The van der Waals surface area contributed by atoms with Gasteiger partial charge in [0.15, 0.2) is 0 Å². The van der Waals surface area contributed by atoms with Crippen LogP contribution in [0.1, 0.15) is 38.7 Å². The number of halogens is 1. The standard InChI is InChI=1S/C23H33ClN2O5/c1-16(2)10-19(11-22(29)31-15-17-6-4-3-5-7-17)20(27)14-26(21(28)12-24)13-18-8-9-25-23(18)30/h3-7,16,18-20,27H,8-15H2,1-2H3,(H,25,30)/t18-,19-,20?/m0/s1. The summed E-state index contributed by atoms with van der Waals surface area (Å²) in [5, 5.41) is 13.7. The van der Waals surface area contributed by atoms with Gasteiger partial charge < -0.3 is 20.1 Å². The first-order chi connectivity index (χ1) is 14.8. The molecular weight excluding hydrogens is 420 g/mol. The molecule has 0 aliphatic carbocycles. The summed E-state index contributed by atoms with van der Waals surface area (Å²) in [6, 6.07) is 9.40. The molecule has 1 saturated heterocycles. The van der Waals surface area contributed by atoms with Crippen LogP contribution in [0.2, 0.25) is 0 Å². The van der Waals surface area contributed by atoms with E-state index in [9.17, 15) is 19.5 Å². The van der Waals surface area contributed by atoms with E-state index in [-0.39, 0.29) is 67.5 Å². The number of hydrogen-bond donors (Lipinski definition) is 2. The fourth-order valence-corrected chi connectivity index (χ4v) is 3.98. The fourth-order valence-electron chi connectivity index (χ4n) is 3.82. The second kappa shape index (κ2) is 12.7. The lowest BCUT2D eigenvalue weighted by atomic mass is 9.89. The van der Waals surface area contributed by atoms with Crippen LogP contribution in [0.4, 0.5) is 0 Å². The second-order valence-electron chi connectivity index (χ2n) is 8.52. The molecule has 0 aromatic heterocycles. The lowest BCUT2D eigenvalue weighted by Crippen LogP contribution is -2.45. The average molecular weight is 453 g/mol. The monoisotopic (exact) mass is 452 g/mol. The number of benzene rings is 1. The molecule has 1 fully saturated rings. The van der Waals surface area contributed by atoms with Gasteiger partial charge in [0.1, 0.15) is 12.5 Å². The van der Waals surface area contributed by atoms with Crippen molar-refractivity contribution in [1.82, 2.24) is 10.2 Å². The maximum atomic E-state index is 12.4. The van der Waals surface area contributed by atoms with Crippen molar-refractivity contribution in [2.75, 3.05) is 25.5 Å². The van der Waals surface area contributed by atoms with Gasteiger partial charge in [0.2, 0.25) is 11.8 Å². The zero-order chi connectivity index (χ0) is 22.8. The lowest BCUT2D eigenvalue weighted by Gasteiger charge is -2.31. The third-order valence-corrected chi connectivity index (χ3v) is 5.70. The zero-order valence-corrected chi connectivity index (χ0v) is 19.0. The molecule has 1 aliphatic heterocycles. The normalized spacial score (nSPS) is 17.8. The summed E-state index contributed by atoms with van der Waals surface area (Å²) in [6.45, 7) is 5.02. The highest BCUT2D eigenvalue weighted by molar-refractivity contribution is 6.27. The molecule has 2 amide bonds. The fraction of sp³-hybridized carbons (Fsp3) is 0.609. The van der Waals surface area contributed by atoms with Crippen LogP contribution in [-0.2, 0) is 25.7 Å². The minimum absolute atomic E-state index is 0.0265. The Labute approximate surface area is 189 Å². The molecule has 0 bridgehead atoms. The van der Waals surface area contributed by atoms with Crippen molar-refractivity contribution in [2.24, 2.45) is 17.8 Å². The molecule has 31 heavy (non-hydrogen) atoms. The van der Waals surface area contributed by atoms with Gasteiger partial charge in [-0.3, -0.25) is 14.4 Å². The number of nitrogens with zero attached hydrogens (tertiary/aromatic N) is 1. The van der Waals surface area contributed by atoms with Gasteiger partial charge in [-0.2, -0.15) is 0 Å². The zero-order valence-electron chi connectivity index (χ0n) is 18.3. The van der Waals surface area contributed by atoms with E-state index in [4.69, 9.17) is 16.3 Å². The maximum Gasteiger partial charge on any atom is 0.306 e. The first-order valence-electron chi connectivity index (χ1n) is 10.8. The average Bonchev–Trinajstić information content (AvgIpc) is 3.15. The van der Waals surface area contributed by atoms with E-state index in [0.717, 1.165) is 5.56 Å². The molecule has 1 aromatic carbocycles. The Morgan fingerprint density at radius 2 is 2.00 bits per heavy atom. The minimum atomic E-state index is -0.927. The Morgan fingerprint density at radius 1 is 1.29 bits per heavy atom. The predicted molar refractivity (Wildman–Crippen MR) is 118 cm³/mol. The Bertz CT molecular complexity index is 728. The van der Waals surface area contributed by atoms with Crippen molar-refractivity contribution in [3.05, 3.63) is 35.9 Å². The van der Waals surface area contributed by atoms with Crippen LogP contribution in [0, 0.1) is 17.8 Å². The lowest BCUT2D eigenvalue weighted by molar-refractivity contribution is -0.147. The van der Waals surface area contributed by atoms with Crippen LogP contribution in [0.15, 0.2) is 30.3 Å². The van der Waals surface area contributed by atoms with Crippen molar-refractivity contribution in [3.63, 3.8) is 0 Å². The van der Waals surface area contributed by atoms with Crippen LogP contribution in [0.3, 0.4) is 0 Å². The van der Waals surface area contributed by atoms with Crippen molar-refractivity contribution in [2.45, 2.75) is 45.8 Å². The number of esters is 1. The molecule has 2 N–H and O–H groups in total. The number of nitrogens with one attached hydrogen (secondary N) is 1. The van der Waals surface area contributed by atoms with E-state index in [0.29, 0.717) is 19.4 Å². The molecule has 0 spiro atoms. The van der Waals surface area contributed by atoms with E-state index in [1.165, 1.54) is 4.90 Å². The Balaban J connectivity index is 1.98. The molecular formula is C23H33ClN2O5. The SMILES string of the molecule is CC(C)C[C@@H](CC(=O)OCc1ccccc1)C(O)CN(C[C@@H]1CCNC1=O)C(=O)CCl. The van der Waals surface area contributed by atoms with Gasteiger partial charge in [0, 0.05) is 19.6 Å². The molecule has 2 rings (SSSR count). The largest absolute Gasteiger partial charge is 0.461 e. The quantitative estimate of drug-likeness (QED) is 0.375. The topological polar surface area (TPSA) is 95.9 Å². The summed E-state index contributed by atoms with van der Waals surface area (Å²) in [4.78, 5) is 38.1. The number of carbonyl (C=O) groups excluding carboxylic acids is 3. The minimum Gasteiger partial charge on any atom is -0.461 e. The number of carbonyl (C=O) groups is 3. The van der Waals surface area contributed by atoms with Gasteiger partial charge in [-0.15, -0.1) is 11.6 Å². The number of hydrogen-bond acceptors (Lipinski definition) is 5. The van der Waals surface area contributed by atoms with E-state index in [1.54, 1.807) is 0 Å². The summed E-state index contributed by atoms with van der Waals surface area (Å²) < 4.78 is 5.38. The summed E-state index contributed by atoms with van der Waals surface area (Å²) in [7, 11) is 0. The summed E-state index contributed by atoms with van der Waals surface area (Å²) >= 11 is 5.75. The summed E-state index contributed by atoms with van der Waals surface area (Å²) in [6.07, 6.45) is 0.374. The molecule has 3 atom stereocenters. The van der Waals surface area contributed by atoms with Gasteiger partial charge in [-0.25, -0.2) is 0 Å². The number of ether oxygens (including phenoxy) is 1. The van der Waals surface area contributed by atoms with E-state index >= 15 is 0 Å². The number of alkyl halides is 1. The maximum absolute atomic E-state index is 12.4. The van der Waals surface area contributed by atoms with Crippen molar-refractivity contribution in [3.8, 4) is 0 Å². The smallest absolute Gasteiger partial charge is 0.306 e. The Kier molecular flexibility index (Phi) is 10.3. The van der Waals surface area contributed by atoms with Crippen LogP contribution in [0.25, 0.3) is 0 Å². The number of rotatable bonds is 12. The van der Waals surface area contributed by atoms with Crippen LogP contribution < -0.4 is 5.32 Å². The van der Waals surface area contributed by atoms with Gasteiger partial charge >= 0.3 is 5.97 Å². The molecule has 1 unspecified atom stereocenters. The van der Waals surface area contributed by atoms with Crippen LogP contribution >= 0.6 is 11.6 Å². The summed E-state index contributed by atoms with van der Waals surface area (Å²) in [5.41, 5.74) is 0.894. The Morgan fingerprint density at radius 3 is 2.58 bits per heavy atom. The van der Waals surface area contributed by atoms with Gasteiger partial charge in [-0.1, -0.05) is 44.2 Å². The highest BCUT2D eigenvalue weighted by atomic mass is 35.5. The van der Waals surface area contributed by atoms with E-state index < -0.39 is 6.10 Å². The van der Waals surface area contributed by atoms with Crippen molar-refractivity contribution in [1.29, 1.82) is 0 Å². The third-order valence-electron chi connectivity index (χ3n) is 5.47. The van der Waals surface area contributed by atoms with E-state index in [1.807, 2.05) is 44.2 Å². The number of amides is 2. The van der Waals surface area contributed by atoms with Crippen LogP contribution in [0.5, 0.6) is 0 Å². The Hall–Kier alpha value is -2.12. The van der Waals surface area contributed by atoms with Crippen molar-refractivity contribution < 1.29 is 24.2 Å². The first kappa shape index (κ1) is 25.1. The first-order valence-corrected chi connectivity index (χ1v) is 11.3.